The topological polar surface area (TPSA) is 72.7 Å². The summed E-state index contributed by atoms with van der Waals surface area (Å²) in [4.78, 5) is 25.8. The number of hydrogen-bond acceptors (Lipinski definition) is 4. The number of pyridine rings is 2. The first kappa shape index (κ1) is 19.6. The molecule has 0 aliphatic rings. The van der Waals surface area contributed by atoms with E-state index in [0.29, 0.717) is 13.0 Å². The number of fused-ring (bicyclic) bond motifs is 1. The van der Waals surface area contributed by atoms with Crippen molar-refractivity contribution in [3.8, 4) is 17.1 Å². The zero-order valence-corrected chi connectivity index (χ0v) is 17.3. The molecule has 1 amide bonds. The van der Waals surface area contributed by atoms with E-state index in [2.05, 4.69) is 19.9 Å². The summed E-state index contributed by atoms with van der Waals surface area (Å²) in [6, 6.07) is 25.7. The summed E-state index contributed by atoms with van der Waals surface area (Å²) in [5.41, 5.74) is 5.52. The fourth-order valence-electron chi connectivity index (χ4n) is 3.65. The molecule has 6 heteroatoms. The van der Waals surface area contributed by atoms with Crippen molar-refractivity contribution in [1.29, 1.82) is 0 Å². The Labute approximate surface area is 185 Å². The lowest BCUT2D eigenvalue weighted by Crippen LogP contribution is -2.24. The van der Waals surface area contributed by atoms with Gasteiger partial charge in [-0.2, -0.15) is 0 Å². The van der Waals surface area contributed by atoms with Crippen molar-refractivity contribution in [2.24, 2.45) is 0 Å². The van der Waals surface area contributed by atoms with Crippen LogP contribution in [0.5, 0.6) is 0 Å². The van der Waals surface area contributed by atoms with Gasteiger partial charge in [0.15, 0.2) is 5.65 Å². The van der Waals surface area contributed by atoms with E-state index < -0.39 is 0 Å². The summed E-state index contributed by atoms with van der Waals surface area (Å²) >= 11 is 0. The molecule has 6 nitrogen and oxygen atoms in total. The number of imidazole rings is 1. The number of benzene rings is 2. The van der Waals surface area contributed by atoms with E-state index in [9.17, 15) is 4.79 Å². The number of carbonyl (C=O) groups excluding carboxylic acids is 1. The first-order valence-corrected chi connectivity index (χ1v) is 10.4. The van der Waals surface area contributed by atoms with Crippen molar-refractivity contribution in [2.75, 3.05) is 0 Å². The summed E-state index contributed by atoms with van der Waals surface area (Å²) in [7, 11) is 0. The average molecular weight is 419 g/mol. The minimum Gasteiger partial charge on any atom is -0.352 e. The van der Waals surface area contributed by atoms with Crippen LogP contribution >= 0.6 is 0 Å². The van der Waals surface area contributed by atoms with Crippen molar-refractivity contribution in [3.63, 3.8) is 0 Å². The largest absolute Gasteiger partial charge is 0.352 e. The highest BCUT2D eigenvalue weighted by Crippen LogP contribution is 2.27. The Balaban J connectivity index is 1.39. The number of hydrogen-bond donors (Lipinski definition) is 1. The summed E-state index contributed by atoms with van der Waals surface area (Å²) in [5.74, 6) is 0.808. The van der Waals surface area contributed by atoms with E-state index in [1.165, 1.54) is 0 Å². The van der Waals surface area contributed by atoms with Crippen LogP contribution in [0, 0.1) is 0 Å². The number of nitrogens with zero attached hydrogens (tertiary/aromatic N) is 4. The molecule has 1 N–H and O–H groups in total. The van der Waals surface area contributed by atoms with Gasteiger partial charge in [-0.3, -0.25) is 14.3 Å². The summed E-state index contributed by atoms with van der Waals surface area (Å²) in [6.45, 7) is 0.470. The number of aromatic nitrogens is 4. The first-order valence-electron chi connectivity index (χ1n) is 10.4. The maximum absolute atomic E-state index is 12.4. The molecule has 32 heavy (non-hydrogen) atoms. The molecule has 0 bridgehead atoms. The zero-order chi connectivity index (χ0) is 21.8. The van der Waals surface area contributed by atoms with E-state index >= 15 is 0 Å². The molecule has 0 spiro atoms. The molecule has 156 valence electrons. The van der Waals surface area contributed by atoms with E-state index in [0.717, 1.165) is 39.4 Å². The van der Waals surface area contributed by atoms with Crippen LogP contribution < -0.4 is 5.32 Å². The van der Waals surface area contributed by atoms with Crippen LogP contribution in [0.3, 0.4) is 0 Å². The van der Waals surface area contributed by atoms with Crippen molar-refractivity contribution < 1.29 is 4.79 Å². The maximum atomic E-state index is 12.4. The van der Waals surface area contributed by atoms with E-state index in [1.54, 1.807) is 18.6 Å². The van der Waals surface area contributed by atoms with Crippen LogP contribution in [-0.4, -0.2) is 25.4 Å². The van der Waals surface area contributed by atoms with E-state index in [1.807, 2.05) is 78.9 Å². The van der Waals surface area contributed by atoms with Gasteiger partial charge in [-0.1, -0.05) is 48.5 Å². The summed E-state index contributed by atoms with van der Waals surface area (Å²) in [6.07, 6.45) is 5.56. The van der Waals surface area contributed by atoms with E-state index in [-0.39, 0.29) is 5.91 Å². The smallest absolute Gasteiger partial charge is 0.224 e. The molecule has 0 saturated carbocycles. The second-order valence-electron chi connectivity index (χ2n) is 7.46. The van der Waals surface area contributed by atoms with Crippen molar-refractivity contribution >= 4 is 17.1 Å². The van der Waals surface area contributed by atoms with Crippen molar-refractivity contribution in [1.82, 2.24) is 24.8 Å². The predicted octanol–water partition coefficient (Wildman–Crippen LogP) is 4.34. The molecular weight excluding hydrogens is 398 g/mol. The highest BCUT2D eigenvalue weighted by molar-refractivity contribution is 5.80. The Bertz CT molecular complexity index is 1350. The lowest BCUT2D eigenvalue weighted by Gasteiger charge is -2.10. The second kappa shape index (κ2) is 8.81. The minimum absolute atomic E-state index is 0.0266. The van der Waals surface area contributed by atoms with Gasteiger partial charge in [0.05, 0.1) is 6.42 Å². The lowest BCUT2D eigenvalue weighted by atomic mass is 10.1. The van der Waals surface area contributed by atoms with Crippen LogP contribution in [0.2, 0.25) is 0 Å². The molecule has 3 heterocycles. The Morgan fingerprint density at radius 2 is 1.66 bits per heavy atom. The number of carbonyl (C=O) groups is 1. The first-order chi connectivity index (χ1) is 15.8. The molecule has 5 rings (SSSR count). The van der Waals surface area contributed by atoms with Crippen LogP contribution in [0.15, 0.2) is 97.5 Å². The van der Waals surface area contributed by atoms with Gasteiger partial charge in [0.2, 0.25) is 5.91 Å². The summed E-state index contributed by atoms with van der Waals surface area (Å²) in [5, 5.41) is 2.94. The van der Waals surface area contributed by atoms with Crippen molar-refractivity contribution in [3.05, 3.63) is 109 Å². The number of amides is 1. The number of rotatable bonds is 6. The SMILES string of the molecule is O=C(Cc1ccc(-n2c(-c3ccccc3)nc3cccnc32)cc1)NCc1cccnc1. The van der Waals surface area contributed by atoms with Crippen LogP contribution in [0.25, 0.3) is 28.2 Å². The van der Waals surface area contributed by atoms with Crippen molar-refractivity contribution in [2.45, 2.75) is 13.0 Å². The Morgan fingerprint density at radius 3 is 2.44 bits per heavy atom. The lowest BCUT2D eigenvalue weighted by molar-refractivity contribution is -0.120. The maximum Gasteiger partial charge on any atom is 0.224 e. The summed E-state index contributed by atoms with van der Waals surface area (Å²) < 4.78 is 2.05. The molecule has 2 aromatic carbocycles. The predicted molar refractivity (Wildman–Crippen MR) is 124 cm³/mol. The molecular formula is C26H21N5O. The molecule has 0 radical (unpaired) electrons. The van der Waals surface area contributed by atoms with Gasteiger partial charge in [0, 0.05) is 36.4 Å². The fraction of sp³-hybridized carbons (Fsp3) is 0.0769. The normalized spacial score (nSPS) is 10.9. The Morgan fingerprint density at radius 1 is 0.844 bits per heavy atom. The monoisotopic (exact) mass is 419 g/mol. The molecule has 0 aliphatic carbocycles. The molecule has 0 aliphatic heterocycles. The van der Waals surface area contributed by atoms with Crippen LogP contribution in [0.1, 0.15) is 11.1 Å². The van der Waals surface area contributed by atoms with Crippen LogP contribution in [-0.2, 0) is 17.8 Å². The van der Waals surface area contributed by atoms with Gasteiger partial charge < -0.3 is 5.32 Å². The number of nitrogens with one attached hydrogen (secondary N) is 1. The molecule has 0 atom stereocenters. The zero-order valence-electron chi connectivity index (χ0n) is 17.3. The molecule has 3 aromatic heterocycles. The quantitative estimate of drug-likeness (QED) is 0.444. The third-order valence-corrected chi connectivity index (χ3v) is 5.22. The van der Waals surface area contributed by atoms with E-state index in [4.69, 9.17) is 4.98 Å². The van der Waals surface area contributed by atoms with Gasteiger partial charge in [-0.15, -0.1) is 0 Å². The van der Waals surface area contributed by atoms with Crippen LogP contribution in [0.4, 0.5) is 0 Å². The third-order valence-electron chi connectivity index (χ3n) is 5.22. The second-order valence-corrected chi connectivity index (χ2v) is 7.46. The standard InChI is InChI=1S/C26H21N5O/c32-24(29-18-20-6-4-14-27-17-20)16-19-10-12-22(13-11-19)31-25(21-7-2-1-3-8-21)30-23-9-5-15-28-26(23)31/h1-15,17H,16,18H2,(H,29,32). The Kier molecular flexibility index (Phi) is 5.41. The van der Waals surface area contributed by atoms with Gasteiger partial charge in [-0.05, 0) is 41.5 Å². The fourth-order valence-corrected chi connectivity index (χ4v) is 3.65. The van der Waals surface area contributed by atoms with Gasteiger partial charge in [0.1, 0.15) is 11.3 Å². The third kappa shape index (κ3) is 4.11. The minimum atomic E-state index is -0.0266. The highest BCUT2D eigenvalue weighted by Gasteiger charge is 2.15. The molecule has 5 aromatic rings. The Hall–Kier alpha value is -4.32. The highest BCUT2D eigenvalue weighted by atomic mass is 16.1. The molecule has 0 unspecified atom stereocenters. The van der Waals surface area contributed by atoms with Gasteiger partial charge in [-0.25, -0.2) is 9.97 Å². The average Bonchev–Trinajstić information content (AvgIpc) is 3.24. The molecule has 0 saturated heterocycles. The molecule has 0 fully saturated rings. The van der Waals surface area contributed by atoms with Gasteiger partial charge in [0.25, 0.3) is 0 Å². The van der Waals surface area contributed by atoms with Gasteiger partial charge >= 0.3 is 0 Å².